The van der Waals surface area contributed by atoms with Gasteiger partial charge in [0.1, 0.15) is 6.04 Å². The van der Waals surface area contributed by atoms with Crippen molar-refractivity contribution in [2.75, 3.05) is 26.7 Å². The highest BCUT2D eigenvalue weighted by Crippen LogP contribution is 2.25. The van der Waals surface area contributed by atoms with Crippen LogP contribution in [0.5, 0.6) is 0 Å². The van der Waals surface area contributed by atoms with Crippen molar-refractivity contribution in [3.05, 3.63) is 17.8 Å². The number of amides is 1. The monoisotopic (exact) mass is 293 g/mol. The van der Waals surface area contributed by atoms with E-state index in [2.05, 4.69) is 10.3 Å². The molecular formula is C15H23N3O3. The van der Waals surface area contributed by atoms with Crippen LogP contribution in [-0.4, -0.2) is 48.6 Å². The third-order valence-corrected chi connectivity index (χ3v) is 4.35. The summed E-state index contributed by atoms with van der Waals surface area (Å²) in [4.78, 5) is 18.8. The summed E-state index contributed by atoms with van der Waals surface area (Å²) in [5, 5.41) is 3.05. The number of nitrogens with zero attached hydrogens (tertiary/aromatic N) is 2. The molecule has 0 radical (unpaired) electrons. The molecular weight excluding hydrogens is 270 g/mol. The maximum Gasteiger partial charge on any atom is 0.247 e. The molecule has 6 nitrogen and oxygen atoms in total. The minimum absolute atomic E-state index is 0.0563. The van der Waals surface area contributed by atoms with Gasteiger partial charge in [0.05, 0.1) is 11.8 Å². The molecule has 2 aliphatic rings. The smallest absolute Gasteiger partial charge is 0.247 e. The molecule has 1 aromatic heterocycles. The molecule has 0 spiro atoms. The van der Waals surface area contributed by atoms with Crippen LogP contribution in [-0.2, 0) is 16.0 Å². The number of ether oxygens (including phenoxy) is 1. The standard InChI is InChI=1S/C15H23N3O3/c1-16-13-14-12(17-10-21-14)6-7-18(15(13)19)9-11-5-3-2-4-8-20-11/h10-11,13,16H,2-9H2,1H3. The van der Waals surface area contributed by atoms with E-state index in [0.717, 1.165) is 31.6 Å². The van der Waals surface area contributed by atoms with E-state index in [1.807, 2.05) is 4.90 Å². The number of oxazole rings is 1. The quantitative estimate of drug-likeness (QED) is 0.909. The van der Waals surface area contributed by atoms with Gasteiger partial charge >= 0.3 is 0 Å². The molecule has 1 aromatic rings. The Morgan fingerprint density at radius 3 is 3.19 bits per heavy atom. The molecule has 21 heavy (non-hydrogen) atoms. The van der Waals surface area contributed by atoms with Gasteiger partial charge in [-0.2, -0.15) is 0 Å². The van der Waals surface area contributed by atoms with Crippen molar-refractivity contribution in [3.8, 4) is 0 Å². The summed E-state index contributed by atoms with van der Waals surface area (Å²) in [7, 11) is 1.78. The fourth-order valence-corrected chi connectivity index (χ4v) is 3.16. The number of carbonyl (C=O) groups is 1. The van der Waals surface area contributed by atoms with Crippen LogP contribution < -0.4 is 5.32 Å². The summed E-state index contributed by atoms with van der Waals surface area (Å²) >= 11 is 0. The number of aromatic nitrogens is 1. The van der Waals surface area contributed by atoms with Crippen molar-refractivity contribution >= 4 is 5.91 Å². The SMILES string of the molecule is CNC1C(=O)N(CC2CCCCCO2)CCc2ncoc21. The van der Waals surface area contributed by atoms with Crippen molar-refractivity contribution < 1.29 is 13.9 Å². The lowest BCUT2D eigenvalue weighted by atomic mass is 10.1. The van der Waals surface area contributed by atoms with Gasteiger partial charge in [0.2, 0.25) is 5.91 Å². The Labute approximate surface area is 124 Å². The molecule has 1 fully saturated rings. The lowest BCUT2D eigenvalue weighted by molar-refractivity contribution is -0.135. The molecule has 3 heterocycles. The van der Waals surface area contributed by atoms with Crippen molar-refractivity contribution in [1.82, 2.24) is 15.2 Å². The third kappa shape index (κ3) is 3.11. The maximum atomic E-state index is 12.7. The molecule has 6 heteroatoms. The van der Waals surface area contributed by atoms with E-state index in [-0.39, 0.29) is 12.0 Å². The van der Waals surface area contributed by atoms with E-state index in [0.29, 0.717) is 18.8 Å². The van der Waals surface area contributed by atoms with Crippen LogP contribution in [0.3, 0.4) is 0 Å². The van der Waals surface area contributed by atoms with Crippen molar-refractivity contribution in [3.63, 3.8) is 0 Å². The van der Waals surface area contributed by atoms with Gasteiger partial charge < -0.3 is 19.4 Å². The van der Waals surface area contributed by atoms with E-state index in [9.17, 15) is 4.79 Å². The highest BCUT2D eigenvalue weighted by molar-refractivity contribution is 5.83. The molecule has 0 saturated carbocycles. The average molecular weight is 293 g/mol. The zero-order valence-corrected chi connectivity index (χ0v) is 12.5. The zero-order chi connectivity index (χ0) is 14.7. The van der Waals surface area contributed by atoms with Gasteiger partial charge in [-0.05, 0) is 19.9 Å². The second-order valence-electron chi connectivity index (χ2n) is 5.76. The van der Waals surface area contributed by atoms with Gasteiger partial charge in [0.25, 0.3) is 0 Å². The molecule has 0 aliphatic carbocycles. The Balaban J connectivity index is 1.71. The molecule has 1 amide bonds. The minimum atomic E-state index is -0.434. The van der Waals surface area contributed by atoms with Crippen LogP contribution in [0.1, 0.15) is 43.2 Å². The summed E-state index contributed by atoms with van der Waals surface area (Å²) in [6.07, 6.45) is 6.89. The van der Waals surface area contributed by atoms with Crippen LogP contribution in [0.4, 0.5) is 0 Å². The third-order valence-electron chi connectivity index (χ3n) is 4.35. The van der Waals surface area contributed by atoms with Gasteiger partial charge in [-0.1, -0.05) is 12.8 Å². The Hall–Kier alpha value is -1.40. The Morgan fingerprint density at radius 2 is 2.33 bits per heavy atom. The summed E-state index contributed by atoms with van der Waals surface area (Å²) in [6, 6.07) is -0.434. The Bertz CT molecular complexity index is 480. The summed E-state index contributed by atoms with van der Waals surface area (Å²) in [5.41, 5.74) is 0.881. The molecule has 2 atom stereocenters. The van der Waals surface area contributed by atoms with Crippen molar-refractivity contribution in [1.29, 1.82) is 0 Å². The van der Waals surface area contributed by atoms with Crippen molar-refractivity contribution in [2.24, 2.45) is 0 Å². The van der Waals surface area contributed by atoms with E-state index in [1.54, 1.807) is 7.05 Å². The van der Waals surface area contributed by atoms with Crippen molar-refractivity contribution in [2.45, 2.75) is 44.2 Å². The van der Waals surface area contributed by atoms with E-state index in [4.69, 9.17) is 9.15 Å². The van der Waals surface area contributed by atoms with E-state index >= 15 is 0 Å². The van der Waals surface area contributed by atoms with Crippen LogP contribution >= 0.6 is 0 Å². The summed E-state index contributed by atoms with van der Waals surface area (Å²) in [5.74, 6) is 0.715. The second-order valence-corrected chi connectivity index (χ2v) is 5.76. The van der Waals surface area contributed by atoms with Crippen LogP contribution in [0.25, 0.3) is 0 Å². The number of fused-ring (bicyclic) bond motifs is 1. The molecule has 2 aliphatic heterocycles. The van der Waals surface area contributed by atoms with Gasteiger partial charge in [0.15, 0.2) is 12.2 Å². The first-order valence-corrected chi connectivity index (χ1v) is 7.79. The number of carbonyl (C=O) groups excluding carboxylic acids is 1. The number of likely N-dealkylation sites (N-methyl/N-ethyl adjacent to an activating group) is 1. The first-order valence-electron chi connectivity index (χ1n) is 7.79. The number of hydrogen-bond acceptors (Lipinski definition) is 5. The van der Waals surface area contributed by atoms with Crippen LogP contribution in [0.15, 0.2) is 10.8 Å². The summed E-state index contributed by atoms with van der Waals surface area (Å²) < 4.78 is 11.3. The Morgan fingerprint density at radius 1 is 1.43 bits per heavy atom. The predicted molar refractivity (Wildman–Crippen MR) is 76.8 cm³/mol. The van der Waals surface area contributed by atoms with E-state index < -0.39 is 6.04 Å². The highest BCUT2D eigenvalue weighted by Gasteiger charge is 2.34. The number of hydrogen-bond donors (Lipinski definition) is 1. The fraction of sp³-hybridized carbons (Fsp3) is 0.733. The lowest BCUT2D eigenvalue weighted by Gasteiger charge is -2.27. The van der Waals surface area contributed by atoms with Gasteiger partial charge in [0, 0.05) is 26.1 Å². The summed E-state index contributed by atoms with van der Waals surface area (Å²) in [6.45, 7) is 2.15. The molecule has 3 rings (SSSR count). The van der Waals surface area contributed by atoms with Crippen LogP contribution in [0.2, 0.25) is 0 Å². The number of nitrogens with one attached hydrogen (secondary N) is 1. The van der Waals surface area contributed by atoms with Gasteiger partial charge in [-0.3, -0.25) is 4.79 Å². The lowest BCUT2D eigenvalue weighted by Crippen LogP contribution is -2.43. The normalized spacial score (nSPS) is 27.1. The molecule has 1 N–H and O–H groups in total. The van der Waals surface area contributed by atoms with Crippen LogP contribution in [0, 0.1) is 0 Å². The van der Waals surface area contributed by atoms with Gasteiger partial charge in [-0.15, -0.1) is 0 Å². The number of rotatable bonds is 3. The van der Waals surface area contributed by atoms with E-state index in [1.165, 1.54) is 19.2 Å². The Kier molecular flexibility index (Phi) is 4.55. The minimum Gasteiger partial charge on any atom is -0.446 e. The maximum absolute atomic E-state index is 12.7. The average Bonchev–Trinajstić information content (AvgIpc) is 2.73. The molecule has 2 unspecified atom stereocenters. The molecule has 0 aromatic carbocycles. The topological polar surface area (TPSA) is 67.6 Å². The molecule has 116 valence electrons. The fourth-order valence-electron chi connectivity index (χ4n) is 3.16. The molecule has 0 bridgehead atoms. The largest absolute Gasteiger partial charge is 0.446 e. The first kappa shape index (κ1) is 14.5. The predicted octanol–water partition coefficient (Wildman–Crippen LogP) is 1.28. The molecule has 1 saturated heterocycles. The zero-order valence-electron chi connectivity index (χ0n) is 12.5. The highest BCUT2D eigenvalue weighted by atomic mass is 16.5. The first-order chi connectivity index (χ1) is 10.3. The second kappa shape index (κ2) is 6.58. The van der Waals surface area contributed by atoms with Gasteiger partial charge in [-0.25, -0.2) is 4.98 Å².